The van der Waals surface area contributed by atoms with Gasteiger partial charge in [0.25, 0.3) is 0 Å². The molecule has 0 aromatic carbocycles. The van der Waals surface area contributed by atoms with Gasteiger partial charge in [0.2, 0.25) is 0 Å². The van der Waals surface area contributed by atoms with Crippen molar-refractivity contribution in [1.29, 1.82) is 0 Å². The molecule has 1 heterocycles. The summed E-state index contributed by atoms with van der Waals surface area (Å²) in [4.78, 5) is 13.3. The summed E-state index contributed by atoms with van der Waals surface area (Å²) in [6.07, 6.45) is 4.06. The second-order valence-electron chi connectivity index (χ2n) is 4.38. The fraction of sp³-hybridized carbons (Fsp3) is 0.583. The third-order valence-corrected chi connectivity index (χ3v) is 4.06. The molecule has 2 rings (SSSR count). The van der Waals surface area contributed by atoms with Gasteiger partial charge in [-0.1, -0.05) is 6.42 Å². The Labute approximate surface area is 94.5 Å². The molecule has 2 N–H and O–H groups in total. The second-order valence-corrected chi connectivity index (χ2v) is 5.50. The molecular formula is C12H17NOS. The predicted molar refractivity (Wildman–Crippen MR) is 63.3 cm³/mol. The number of carbonyl (C=O) groups excluding carboxylic acids is 1. The number of Topliss-reactive ketones (excluding diaryl/α,β-unsaturated/α-hetero) is 1. The number of carbonyl (C=O) groups is 1. The van der Waals surface area contributed by atoms with E-state index in [0.29, 0.717) is 5.78 Å². The molecule has 0 saturated heterocycles. The number of aryl methyl sites for hydroxylation is 1. The molecule has 1 aromatic rings. The van der Waals surface area contributed by atoms with Gasteiger partial charge in [0, 0.05) is 22.4 Å². The molecule has 0 spiro atoms. The molecule has 0 aliphatic heterocycles. The molecular weight excluding hydrogens is 206 g/mol. The summed E-state index contributed by atoms with van der Waals surface area (Å²) in [5, 5.41) is 1.99. The van der Waals surface area contributed by atoms with Gasteiger partial charge in [-0.25, -0.2) is 0 Å². The van der Waals surface area contributed by atoms with Crippen LogP contribution in [0, 0.1) is 12.8 Å². The maximum absolute atomic E-state index is 12.2. The maximum Gasteiger partial charge on any atom is 0.167 e. The first-order chi connectivity index (χ1) is 7.18. The van der Waals surface area contributed by atoms with Crippen LogP contribution in [0.3, 0.4) is 0 Å². The lowest BCUT2D eigenvalue weighted by Gasteiger charge is -2.25. The lowest BCUT2D eigenvalue weighted by molar-refractivity contribution is 0.0881. The number of rotatable bonds is 2. The first-order valence-electron chi connectivity index (χ1n) is 5.52. The molecule has 0 radical (unpaired) electrons. The minimum Gasteiger partial charge on any atom is -0.328 e. The summed E-state index contributed by atoms with van der Waals surface area (Å²) in [7, 11) is 0. The summed E-state index contributed by atoms with van der Waals surface area (Å²) < 4.78 is 0. The monoisotopic (exact) mass is 223 g/mol. The topological polar surface area (TPSA) is 43.1 Å². The molecule has 2 unspecified atom stereocenters. The quantitative estimate of drug-likeness (QED) is 0.783. The van der Waals surface area contributed by atoms with Gasteiger partial charge in [-0.3, -0.25) is 4.79 Å². The van der Waals surface area contributed by atoms with Crippen molar-refractivity contribution in [2.24, 2.45) is 11.7 Å². The van der Waals surface area contributed by atoms with E-state index >= 15 is 0 Å². The molecule has 3 heteroatoms. The number of hydrogen-bond acceptors (Lipinski definition) is 3. The standard InChI is InChI=1S/C12H17NOS/c1-8-11(5-6-15-8)12(14)9-3-2-4-10(13)7-9/h5-6,9-10H,2-4,7,13H2,1H3. The average Bonchev–Trinajstić information content (AvgIpc) is 2.63. The van der Waals surface area contributed by atoms with E-state index < -0.39 is 0 Å². The van der Waals surface area contributed by atoms with E-state index in [9.17, 15) is 4.79 Å². The van der Waals surface area contributed by atoms with E-state index in [1.807, 2.05) is 18.4 Å². The van der Waals surface area contributed by atoms with Crippen LogP contribution in [0.25, 0.3) is 0 Å². The van der Waals surface area contributed by atoms with E-state index in [0.717, 1.165) is 36.1 Å². The lowest BCUT2D eigenvalue weighted by atomic mass is 9.81. The maximum atomic E-state index is 12.2. The fourth-order valence-electron chi connectivity index (χ4n) is 2.33. The summed E-state index contributed by atoms with van der Waals surface area (Å²) in [6, 6.07) is 2.18. The van der Waals surface area contributed by atoms with Crippen LogP contribution in [0.1, 0.15) is 40.9 Å². The van der Waals surface area contributed by atoms with Crippen molar-refractivity contribution >= 4 is 17.1 Å². The zero-order chi connectivity index (χ0) is 10.8. The second kappa shape index (κ2) is 4.45. The normalized spacial score (nSPS) is 26.5. The average molecular weight is 223 g/mol. The SMILES string of the molecule is Cc1sccc1C(=O)C1CCCC(N)C1. The minimum absolute atomic E-state index is 0.169. The molecule has 1 saturated carbocycles. The van der Waals surface area contributed by atoms with Gasteiger partial charge in [-0.05, 0) is 37.6 Å². The molecule has 1 aliphatic carbocycles. The first-order valence-corrected chi connectivity index (χ1v) is 6.40. The van der Waals surface area contributed by atoms with Crippen molar-refractivity contribution in [3.05, 3.63) is 21.9 Å². The number of ketones is 1. The number of hydrogen-bond donors (Lipinski definition) is 1. The largest absolute Gasteiger partial charge is 0.328 e. The Morgan fingerprint density at radius 3 is 2.93 bits per heavy atom. The highest BCUT2D eigenvalue weighted by molar-refractivity contribution is 7.10. The van der Waals surface area contributed by atoms with Crippen LogP contribution < -0.4 is 5.73 Å². The summed E-state index contributed by atoms with van der Waals surface area (Å²) in [5.74, 6) is 0.478. The van der Waals surface area contributed by atoms with Crippen molar-refractivity contribution < 1.29 is 4.79 Å². The van der Waals surface area contributed by atoms with Crippen molar-refractivity contribution in [1.82, 2.24) is 0 Å². The van der Waals surface area contributed by atoms with Crippen molar-refractivity contribution in [3.63, 3.8) is 0 Å². The third kappa shape index (κ3) is 2.29. The van der Waals surface area contributed by atoms with Gasteiger partial charge in [-0.2, -0.15) is 0 Å². The first kappa shape index (κ1) is 10.8. The van der Waals surface area contributed by atoms with Crippen LogP contribution >= 0.6 is 11.3 Å². The number of nitrogens with two attached hydrogens (primary N) is 1. The van der Waals surface area contributed by atoms with Crippen LogP contribution in [0.15, 0.2) is 11.4 Å². The Morgan fingerprint density at radius 2 is 2.33 bits per heavy atom. The summed E-state index contributed by atoms with van der Waals surface area (Å²) in [5.41, 5.74) is 6.82. The molecule has 0 amide bonds. The van der Waals surface area contributed by atoms with Gasteiger partial charge in [0.1, 0.15) is 0 Å². The highest BCUT2D eigenvalue weighted by atomic mass is 32.1. The minimum atomic E-state index is 0.169. The Kier molecular flexibility index (Phi) is 3.22. The molecule has 1 aliphatic rings. The zero-order valence-electron chi connectivity index (χ0n) is 9.03. The smallest absolute Gasteiger partial charge is 0.167 e. The lowest BCUT2D eigenvalue weighted by Crippen LogP contribution is -2.31. The Bertz CT molecular complexity index is 358. The van der Waals surface area contributed by atoms with Gasteiger partial charge in [-0.15, -0.1) is 11.3 Å². The molecule has 0 bridgehead atoms. The fourth-order valence-corrected chi connectivity index (χ4v) is 3.03. The third-order valence-electron chi connectivity index (χ3n) is 3.21. The highest BCUT2D eigenvalue weighted by Gasteiger charge is 2.27. The summed E-state index contributed by atoms with van der Waals surface area (Å²) in [6.45, 7) is 2.01. The van der Waals surface area contributed by atoms with Crippen molar-refractivity contribution in [3.8, 4) is 0 Å². The van der Waals surface area contributed by atoms with E-state index in [1.54, 1.807) is 11.3 Å². The molecule has 82 valence electrons. The van der Waals surface area contributed by atoms with E-state index in [4.69, 9.17) is 5.73 Å². The molecule has 1 fully saturated rings. The van der Waals surface area contributed by atoms with Crippen LogP contribution in [0.2, 0.25) is 0 Å². The van der Waals surface area contributed by atoms with Gasteiger partial charge in [0.15, 0.2) is 5.78 Å². The number of thiophene rings is 1. The van der Waals surface area contributed by atoms with E-state index in [1.165, 1.54) is 0 Å². The molecule has 2 nitrogen and oxygen atoms in total. The van der Waals surface area contributed by atoms with E-state index in [2.05, 4.69) is 0 Å². The van der Waals surface area contributed by atoms with Crippen LogP contribution in [0.4, 0.5) is 0 Å². The van der Waals surface area contributed by atoms with Crippen molar-refractivity contribution in [2.45, 2.75) is 38.6 Å². The Hall–Kier alpha value is -0.670. The van der Waals surface area contributed by atoms with Crippen molar-refractivity contribution in [2.75, 3.05) is 0 Å². The van der Waals surface area contributed by atoms with Gasteiger partial charge in [0.05, 0.1) is 0 Å². The Balaban J connectivity index is 2.11. The van der Waals surface area contributed by atoms with Crippen LogP contribution in [0.5, 0.6) is 0 Å². The van der Waals surface area contributed by atoms with Gasteiger partial charge < -0.3 is 5.73 Å². The highest BCUT2D eigenvalue weighted by Crippen LogP contribution is 2.28. The molecule has 1 aromatic heterocycles. The molecule has 15 heavy (non-hydrogen) atoms. The van der Waals surface area contributed by atoms with Crippen LogP contribution in [-0.2, 0) is 0 Å². The molecule has 2 atom stereocenters. The zero-order valence-corrected chi connectivity index (χ0v) is 9.85. The Morgan fingerprint density at radius 1 is 1.53 bits per heavy atom. The van der Waals surface area contributed by atoms with Gasteiger partial charge >= 0.3 is 0 Å². The predicted octanol–water partition coefficient (Wildman–Crippen LogP) is 2.76. The summed E-state index contributed by atoms with van der Waals surface area (Å²) >= 11 is 1.65. The van der Waals surface area contributed by atoms with Crippen LogP contribution in [-0.4, -0.2) is 11.8 Å². The van der Waals surface area contributed by atoms with E-state index in [-0.39, 0.29) is 12.0 Å².